The van der Waals surface area contributed by atoms with Gasteiger partial charge < -0.3 is 4.74 Å². The lowest BCUT2D eigenvalue weighted by atomic mass is 10.1. The zero-order chi connectivity index (χ0) is 11.8. The molecule has 3 nitrogen and oxygen atoms in total. The monoisotopic (exact) mass is 242 g/mol. The van der Waals surface area contributed by atoms with Crippen LogP contribution in [0, 0.1) is 0 Å². The standard InChI is InChI=1S/C8H10ClF3N2O/c1-4(15-3)5-6(8(10,11)12)13-14(2)7(5)9/h4H,1-3H3. The Labute approximate surface area is 89.8 Å². The summed E-state index contributed by atoms with van der Waals surface area (Å²) in [6, 6.07) is 0. The van der Waals surface area contributed by atoms with Gasteiger partial charge in [-0.05, 0) is 6.92 Å². The van der Waals surface area contributed by atoms with Gasteiger partial charge in [0.05, 0.1) is 11.7 Å². The Kier molecular flexibility index (Phi) is 3.30. The van der Waals surface area contributed by atoms with E-state index in [4.69, 9.17) is 16.3 Å². The van der Waals surface area contributed by atoms with Crippen molar-refractivity contribution in [1.82, 2.24) is 9.78 Å². The van der Waals surface area contributed by atoms with Crippen molar-refractivity contribution in [2.45, 2.75) is 19.2 Å². The molecule has 1 unspecified atom stereocenters. The maximum atomic E-state index is 12.5. The molecule has 0 aliphatic heterocycles. The van der Waals surface area contributed by atoms with Crippen LogP contribution in [-0.2, 0) is 18.0 Å². The van der Waals surface area contributed by atoms with E-state index >= 15 is 0 Å². The van der Waals surface area contributed by atoms with Gasteiger partial charge in [0.2, 0.25) is 0 Å². The number of nitrogens with zero attached hydrogens (tertiary/aromatic N) is 2. The summed E-state index contributed by atoms with van der Waals surface area (Å²) >= 11 is 5.71. The summed E-state index contributed by atoms with van der Waals surface area (Å²) < 4.78 is 43.5. The van der Waals surface area contributed by atoms with Crippen LogP contribution in [0.25, 0.3) is 0 Å². The summed E-state index contributed by atoms with van der Waals surface area (Å²) in [6.45, 7) is 1.48. The number of aryl methyl sites for hydroxylation is 1. The molecule has 0 saturated carbocycles. The van der Waals surface area contributed by atoms with E-state index in [0.717, 1.165) is 4.68 Å². The lowest BCUT2D eigenvalue weighted by Gasteiger charge is -2.11. The van der Waals surface area contributed by atoms with E-state index in [1.807, 2.05) is 0 Å². The van der Waals surface area contributed by atoms with Crippen LogP contribution in [0.3, 0.4) is 0 Å². The minimum atomic E-state index is -4.52. The third-order valence-electron chi connectivity index (χ3n) is 2.04. The number of methoxy groups -OCH3 is 1. The molecule has 1 atom stereocenters. The van der Waals surface area contributed by atoms with Crippen molar-refractivity contribution in [3.63, 3.8) is 0 Å². The van der Waals surface area contributed by atoms with Gasteiger partial charge in [0.15, 0.2) is 5.69 Å². The number of rotatable bonds is 2. The van der Waals surface area contributed by atoms with E-state index < -0.39 is 18.0 Å². The molecule has 0 amide bonds. The van der Waals surface area contributed by atoms with Crippen molar-refractivity contribution in [3.8, 4) is 0 Å². The van der Waals surface area contributed by atoms with Gasteiger partial charge in [-0.3, -0.25) is 4.68 Å². The highest BCUT2D eigenvalue weighted by atomic mass is 35.5. The van der Waals surface area contributed by atoms with Crippen molar-refractivity contribution in [1.29, 1.82) is 0 Å². The summed E-state index contributed by atoms with van der Waals surface area (Å²) in [4.78, 5) is 0. The van der Waals surface area contributed by atoms with E-state index in [2.05, 4.69) is 5.10 Å². The van der Waals surface area contributed by atoms with Gasteiger partial charge in [-0.1, -0.05) is 11.6 Å². The number of hydrogen-bond donors (Lipinski definition) is 0. The van der Waals surface area contributed by atoms with E-state index in [1.54, 1.807) is 0 Å². The molecule has 0 N–H and O–H groups in total. The van der Waals surface area contributed by atoms with Crippen LogP contribution in [0.1, 0.15) is 24.3 Å². The Morgan fingerprint density at radius 3 is 2.40 bits per heavy atom. The zero-order valence-electron chi connectivity index (χ0n) is 8.39. The minimum absolute atomic E-state index is 0.0586. The molecule has 0 aromatic carbocycles. The Balaban J connectivity index is 3.34. The first-order valence-electron chi connectivity index (χ1n) is 4.11. The van der Waals surface area contributed by atoms with E-state index in [1.165, 1.54) is 21.1 Å². The molecule has 1 aromatic heterocycles. The predicted octanol–water partition coefficient (Wildman–Crippen LogP) is 2.80. The quantitative estimate of drug-likeness (QED) is 0.797. The Morgan fingerprint density at radius 1 is 1.47 bits per heavy atom. The third-order valence-corrected chi connectivity index (χ3v) is 2.49. The number of aromatic nitrogens is 2. The summed E-state index contributed by atoms with van der Waals surface area (Å²) in [5.41, 5.74) is -1.13. The van der Waals surface area contributed by atoms with Crippen LogP contribution >= 0.6 is 11.6 Å². The highest BCUT2D eigenvalue weighted by molar-refractivity contribution is 6.30. The van der Waals surface area contributed by atoms with Crippen LogP contribution in [0.15, 0.2) is 0 Å². The molecule has 0 aliphatic carbocycles. The van der Waals surface area contributed by atoms with Crippen LogP contribution in [0.5, 0.6) is 0 Å². The van der Waals surface area contributed by atoms with Crippen LogP contribution in [0.2, 0.25) is 5.15 Å². The van der Waals surface area contributed by atoms with Crippen molar-refractivity contribution in [3.05, 3.63) is 16.4 Å². The highest BCUT2D eigenvalue weighted by Gasteiger charge is 2.40. The fourth-order valence-corrected chi connectivity index (χ4v) is 1.49. The van der Waals surface area contributed by atoms with E-state index in [9.17, 15) is 13.2 Å². The van der Waals surface area contributed by atoms with Crippen LogP contribution < -0.4 is 0 Å². The Morgan fingerprint density at radius 2 is 2.00 bits per heavy atom. The summed E-state index contributed by atoms with van der Waals surface area (Å²) in [5, 5.41) is 3.27. The number of halogens is 4. The molecule has 0 spiro atoms. The second-order valence-corrected chi connectivity index (χ2v) is 3.41. The molecule has 1 aromatic rings. The molecule has 0 saturated heterocycles. The van der Waals surface area contributed by atoms with Gasteiger partial charge in [-0.15, -0.1) is 0 Å². The average molecular weight is 243 g/mol. The van der Waals surface area contributed by atoms with Crippen molar-refractivity contribution in [2.75, 3.05) is 7.11 Å². The second kappa shape index (κ2) is 4.02. The summed E-state index contributed by atoms with van der Waals surface area (Å²) in [7, 11) is 2.66. The van der Waals surface area contributed by atoms with Crippen molar-refractivity contribution < 1.29 is 17.9 Å². The number of hydrogen-bond acceptors (Lipinski definition) is 2. The van der Waals surface area contributed by atoms with Crippen LogP contribution in [-0.4, -0.2) is 16.9 Å². The molecule has 15 heavy (non-hydrogen) atoms. The van der Waals surface area contributed by atoms with Crippen molar-refractivity contribution >= 4 is 11.6 Å². The summed E-state index contributed by atoms with van der Waals surface area (Å²) in [5.74, 6) is 0. The summed E-state index contributed by atoms with van der Waals surface area (Å²) in [6.07, 6.45) is -5.27. The maximum absolute atomic E-state index is 12.5. The number of alkyl halides is 3. The molecular weight excluding hydrogens is 233 g/mol. The molecular formula is C8H10ClF3N2O. The first-order valence-corrected chi connectivity index (χ1v) is 4.49. The average Bonchev–Trinajstić information content (AvgIpc) is 2.42. The molecule has 86 valence electrons. The first-order chi connectivity index (χ1) is 6.79. The largest absolute Gasteiger partial charge is 0.435 e. The predicted molar refractivity (Wildman–Crippen MR) is 48.6 cm³/mol. The normalized spacial score (nSPS) is 14.3. The topological polar surface area (TPSA) is 27.1 Å². The van der Waals surface area contributed by atoms with Gasteiger partial charge in [-0.2, -0.15) is 18.3 Å². The smallest absolute Gasteiger partial charge is 0.377 e. The van der Waals surface area contributed by atoms with Crippen molar-refractivity contribution in [2.24, 2.45) is 7.05 Å². The Hall–Kier alpha value is -0.750. The minimum Gasteiger partial charge on any atom is -0.377 e. The number of ether oxygens (including phenoxy) is 1. The van der Waals surface area contributed by atoms with Crippen LogP contribution in [0.4, 0.5) is 13.2 Å². The molecule has 7 heteroatoms. The van der Waals surface area contributed by atoms with Gasteiger partial charge in [0, 0.05) is 14.2 Å². The van der Waals surface area contributed by atoms with E-state index in [-0.39, 0.29) is 10.7 Å². The van der Waals surface area contributed by atoms with Gasteiger partial charge >= 0.3 is 6.18 Å². The lowest BCUT2D eigenvalue weighted by Crippen LogP contribution is -2.11. The fourth-order valence-electron chi connectivity index (χ4n) is 1.21. The Bertz CT molecular complexity index is 362. The molecule has 0 radical (unpaired) electrons. The third kappa shape index (κ3) is 2.26. The molecule has 1 heterocycles. The fraction of sp³-hybridized carbons (Fsp3) is 0.625. The molecule has 0 aliphatic rings. The molecule has 0 fully saturated rings. The van der Waals surface area contributed by atoms with E-state index in [0.29, 0.717) is 0 Å². The van der Waals surface area contributed by atoms with Gasteiger partial charge in [0.1, 0.15) is 5.15 Å². The van der Waals surface area contributed by atoms with Gasteiger partial charge in [0.25, 0.3) is 0 Å². The highest BCUT2D eigenvalue weighted by Crippen LogP contribution is 2.37. The lowest BCUT2D eigenvalue weighted by molar-refractivity contribution is -0.143. The maximum Gasteiger partial charge on any atom is 0.435 e. The molecule has 0 bridgehead atoms. The van der Waals surface area contributed by atoms with Gasteiger partial charge in [-0.25, -0.2) is 0 Å². The SMILES string of the molecule is COC(C)c1c(C(F)(F)F)nn(C)c1Cl. The molecule has 1 rings (SSSR count). The first kappa shape index (κ1) is 12.3. The second-order valence-electron chi connectivity index (χ2n) is 3.05. The zero-order valence-corrected chi connectivity index (χ0v) is 9.15.